The van der Waals surface area contributed by atoms with E-state index in [1.807, 2.05) is 0 Å². The molecule has 7 heteroatoms. The van der Waals surface area contributed by atoms with Crippen LogP contribution in [0.2, 0.25) is 0 Å². The average Bonchev–Trinajstić information content (AvgIpc) is 2.66. The number of benzene rings is 1. The van der Waals surface area contributed by atoms with Gasteiger partial charge in [0.2, 0.25) is 0 Å². The van der Waals surface area contributed by atoms with Crippen molar-refractivity contribution in [1.29, 1.82) is 0 Å². The monoisotopic (exact) mass is 273 g/mol. The number of halogens is 3. The Morgan fingerprint density at radius 3 is 2.61 bits per heavy atom. The molecule has 0 aliphatic rings. The Morgan fingerprint density at radius 2 is 2.06 bits per heavy atom. The number of nitrogens with two attached hydrogens (primary N) is 1. The molecular weight excluding hydrogens is 263 g/mol. The van der Waals surface area contributed by atoms with Gasteiger partial charge < -0.3 is 10.3 Å². The molecule has 2 rings (SSSR count). The molecule has 2 N–H and O–H groups in total. The molecule has 0 atom stereocenters. The second-order valence-corrected chi connectivity index (χ2v) is 4.71. The van der Waals surface area contributed by atoms with Crippen molar-refractivity contribution < 1.29 is 13.2 Å². The van der Waals surface area contributed by atoms with Crippen LogP contribution in [0.3, 0.4) is 0 Å². The number of anilines is 1. The Bertz CT molecular complexity index is 563. The van der Waals surface area contributed by atoms with Crippen LogP contribution in [0.4, 0.5) is 18.9 Å². The van der Waals surface area contributed by atoms with Crippen LogP contribution in [-0.4, -0.2) is 9.55 Å². The highest BCUT2D eigenvalue weighted by atomic mass is 32.2. The molecule has 18 heavy (non-hydrogen) atoms. The quantitative estimate of drug-likeness (QED) is 0.855. The maximum Gasteiger partial charge on any atom is 0.418 e. The van der Waals surface area contributed by atoms with Gasteiger partial charge in [0, 0.05) is 30.0 Å². The topological polar surface area (TPSA) is 43.8 Å². The number of imidazole rings is 1. The van der Waals surface area contributed by atoms with E-state index in [0.29, 0.717) is 10.1 Å². The molecule has 0 aliphatic carbocycles. The van der Waals surface area contributed by atoms with Gasteiger partial charge in [-0.2, -0.15) is 13.2 Å². The van der Waals surface area contributed by atoms with Crippen molar-refractivity contribution in [1.82, 2.24) is 9.55 Å². The summed E-state index contributed by atoms with van der Waals surface area (Å²) in [4.78, 5) is 4.49. The number of aryl methyl sites for hydroxylation is 1. The van der Waals surface area contributed by atoms with Crippen molar-refractivity contribution in [2.45, 2.75) is 16.2 Å². The van der Waals surface area contributed by atoms with Crippen LogP contribution in [0.5, 0.6) is 0 Å². The summed E-state index contributed by atoms with van der Waals surface area (Å²) in [6, 6.07) is 3.84. The van der Waals surface area contributed by atoms with Crippen LogP contribution in [0.1, 0.15) is 5.56 Å². The van der Waals surface area contributed by atoms with Gasteiger partial charge in [0.1, 0.15) is 0 Å². The lowest BCUT2D eigenvalue weighted by molar-refractivity contribution is -0.137. The molecule has 0 unspecified atom stereocenters. The van der Waals surface area contributed by atoms with E-state index in [0.717, 1.165) is 17.8 Å². The lowest BCUT2D eigenvalue weighted by Gasteiger charge is -2.11. The molecule has 0 saturated heterocycles. The van der Waals surface area contributed by atoms with Gasteiger partial charge >= 0.3 is 6.18 Å². The zero-order chi connectivity index (χ0) is 13.3. The second kappa shape index (κ2) is 4.56. The molecular formula is C11H10F3N3S. The molecule has 2 aromatic rings. The Morgan fingerprint density at radius 1 is 1.33 bits per heavy atom. The third-order valence-electron chi connectivity index (χ3n) is 2.32. The molecule has 0 saturated carbocycles. The van der Waals surface area contributed by atoms with E-state index in [4.69, 9.17) is 5.73 Å². The molecule has 1 heterocycles. The average molecular weight is 273 g/mol. The fraction of sp³-hybridized carbons (Fsp3) is 0.182. The lowest BCUT2D eigenvalue weighted by atomic mass is 10.2. The van der Waals surface area contributed by atoms with E-state index in [1.54, 1.807) is 30.1 Å². The van der Waals surface area contributed by atoms with Gasteiger partial charge in [-0.15, -0.1) is 0 Å². The summed E-state index contributed by atoms with van der Waals surface area (Å²) in [5, 5.41) is 0.618. The van der Waals surface area contributed by atoms with E-state index in [1.165, 1.54) is 6.07 Å². The van der Waals surface area contributed by atoms with E-state index in [2.05, 4.69) is 4.98 Å². The van der Waals surface area contributed by atoms with Gasteiger partial charge in [-0.3, -0.25) is 0 Å². The molecule has 0 aliphatic heterocycles. The third kappa shape index (κ3) is 2.61. The number of aromatic nitrogens is 2. The summed E-state index contributed by atoms with van der Waals surface area (Å²) in [5.74, 6) is 0. The largest absolute Gasteiger partial charge is 0.418 e. The normalized spacial score (nSPS) is 11.8. The summed E-state index contributed by atoms with van der Waals surface area (Å²) >= 11 is 1.16. The first-order chi connectivity index (χ1) is 8.38. The fourth-order valence-electron chi connectivity index (χ4n) is 1.40. The fourth-order valence-corrected chi connectivity index (χ4v) is 2.24. The third-order valence-corrected chi connectivity index (χ3v) is 3.38. The van der Waals surface area contributed by atoms with Gasteiger partial charge in [0.15, 0.2) is 5.16 Å². The van der Waals surface area contributed by atoms with Crippen LogP contribution in [-0.2, 0) is 13.2 Å². The number of hydrogen-bond acceptors (Lipinski definition) is 3. The highest BCUT2D eigenvalue weighted by Gasteiger charge is 2.33. The maximum absolute atomic E-state index is 12.7. The zero-order valence-corrected chi connectivity index (χ0v) is 10.2. The number of rotatable bonds is 2. The predicted octanol–water partition coefficient (Wildman–Crippen LogP) is 3.17. The molecule has 0 amide bonds. The number of alkyl halides is 3. The number of nitrogens with zero attached hydrogens (tertiary/aromatic N) is 2. The minimum absolute atomic E-state index is 0.272. The Hall–Kier alpha value is -1.63. The molecule has 1 aromatic carbocycles. The van der Waals surface area contributed by atoms with Gasteiger partial charge in [-0.25, -0.2) is 4.98 Å². The highest BCUT2D eigenvalue weighted by Crippen LogP contribution is 2.37. The molecule has 1 aromatic heterocycles. The number of nitrogen functional groups attached to an aromatic ring is 1. The summed E-state index contributed by atoms with van der Waals surface area (Å²) < 4.78 is 39.8. The van der Waals surface area contributed by atoms with Gasteiger partial charge in [0.05, 0.1) is 5.56 Å². The SMILES string of the molecule is Cn1ccnc1Sc1ccc(N)c(C(F)(F)F)c1. The van der Waals surface area contributed by atoms with E-state index < -0.39 is 11.7 Å². The molecule has 0 fully saturated rings. The minimum atomic E-state index is -4.44. The van der Waals surface area contributed by atoms with Crippen molar-refractivity contribution in [3.05, 3.63) is 36.2 Å². The van der Waals surface area contributed by atoms with E-state index in [9.17, 15) is 13.2 Å². The first-order valence-electron chi connectivity index (χ1n) is 5.00. The molecule has 0 bridgehead atoms. The molecule has 0 spiro atoms. The van der Waals surface area contributed by atoms with Crippen molar-refractivity contribution in [2.75, 3.05) is 5.73 Å². The van der Waals surface area contributed by atoms with Crippen LogP contribution in [0, 0.1) is 0 Å². The lowest BCUT2D eigenvalue weighted by Crippen LogP contribution is -2.08. The van der Waals surface area contributed by atoms with Crippen molar-refractivity contribution in [3.63, 3.8) is 0 Å². The minimum Gasteiger partial charge on any atom is -0.398 e. The molecule has 0 radical (unpaired) electrons. The van der Waals surface area contributed by atoms with Gasteiger partial charge in [-0.1, -0.05) is 11.8 Å². The summed E-state index contributed by atoms with van der Waals surface area (Å²) in [6.07, 6.45) is -1.13. The van der Waals surface area contributed by atoms with Gasteiger partial charge in [0.25, 0.3) is 0 Å². The van der Waals surface area contributed by atoms with Crippen molar-refractivity contribution >= 4 is 17.4 Å². The van der Waals surface area contributed by atoms with Crippen molar-refractivity contribution in [3.8, 4) is 0 Å². The van der Waals surface area contributed by atoms with Crippen LogP contribution < -0.4 is 5.73 Å². The highest BCUT2D eigenvalue weighted by molar-refractivity contribution is 7.99. The van der Waals surface area contributed by atoms with Crippen molar-refractivity contribution in [2.24, 2.45) is 7.05 Å². The van der Waals surface area contributed by atoms with Crippen LogP contribution in [0.15, 0.2) is 40.6 Å². The summed E-state index contributed by atoms with van der Waals surface area (Å²) in [6.45, 7) is 0. The molecule has 3 nitrogen and oxygen atoms in total. The second-order valence-electron chi connectivity index (χ2n) is 3.67. The smallest absolute Gasteiger partial charge is 0.398 e. The summed E-state index contributed by atoms with van der Waals surface area (Å²) in [5.41, 5.74) is 4.24. The first-order valence-corrected chi connectivity index (χ1v) is 5.81. The first kappa shape index (κ1) is 12.8. The maximum atomic E-state index is 12.7. The van der Waals surface area contributed by atoms with Crippen LogP contribution in [0.25, 0.3) is 0 Å². The molecule has 96 valence electrons. The van der Waals surface area contributed by atoms with E-state index in [-0.39, 0.29) is 5.69 Å². The predicted molar refractivity (Wildman–Crippen MR) is 63.2 cm³/mol. The Kier molecular flexibility index (Phi) is 3.25. The Balaban J connectivity index is 2.33. The zero-order valence-electron chi connectivity index (χ0n) is 9.40. The number of hydrogen-bond donors (Lipinski definition) is 1. The standard InChI is InChI=1S/C11H10F3N3S/c1-17-5-4-16-10(17)18-7-2-3-9(15)8(6-7)11(12,13)14/h2-6H,15H2,1H3. The van der Waals surface area contributed by atoms with Gasteiger partial charge in [-0.05, 0) is 18.2 Å². The Labute approximate surface area is 106 Å². The summed E-state index contributed by atoms with van der Waals surface area (Å²) in [7, 11) is 1.78. The van der Waals surface area contributed by atoms with Crippen LogP contribution >= 0.6 is 11.8 Å². The van der Waals surface area contributed by atoms with E-state index >= 15 is 0 Å².